The summed E-state index contributed by atoms with van der Waals surface area (Å²) in [7, 11) is 3.94. The van der Waals surface area contributed by atoms with Crippen molar-refractivity contribution in [3.63, 3.8) is 0 Å². The van der Waals surface area contributed by atoms with Gasteiger partial charge in [0.1, 0.15) is 0 Å². The fourth-order valence-electron chi connectivity index (χ4n) is 1.97. The van der Waals surface area contributed by atoms with Gasteiger partial charge in [0.05, 0.1) is 12.3 Å². The smallest absolute Gasteiger partial charge is 0.0749 e. The van der Waals surface area contributed by atoms with Gasteiger partial charge in [0.2, 0.25) is 0 Å². The highest BCUT2D eigenvalue weighted by Gasteiger charge is 2.21. The first-order valence-electron chi connectivity index (χ1n) is 5.80. The molecule has 0 spiro atoms. The maximum Gasteiger partial charge on any atom is 0.0749 e. The van der Waals surface area contributed by atoms with E-state index in [-0.39, 0.29) is 5.60 Å². The average Bonchev–Trinajstić information content (AvgIpc) is 2.21. The van der Waals surface area contributed by atoms with E-state index in [2.05, 4.69) is 56.7 Å². The van der Waals surface area contributed by atoms with E-state index < -0.39 is 0 Å². The molecule has 0 aliphatic carbocycles. The van der Waals surface area contributed by atoms with Crippen molar-refractivity contribution in [2.75, 3.05) is 53.5 Å². The normalized spacial score (nSPS) is 20.6. The van der Waals surface area contributed by atoms with Crippen LogP contribution < -0.4 is 0 Å². The minimum absolute atomic E-state index is 0.0557. The van der Waals surface area contributed by atoms with Crippen molar-refractivity contribution in [3.8, 4) is 0 Å². The topological polar surface area (TPSA) is 19.0 Å². The molecule has 1 fully saturated rings. The summed E-state index contributed by atoms with van der Waals surface area (Å²) < 4.78 is 7.80. The second kappa shape index (κ2) is 6.49. The van der Waals surface area contributed by atoms with Crippen LogP contribution in [0.15, 0.2) is 0 Å². The van der Waals surface area contributed by atoms with Crippen LogP contribution in [0.4, 0.5) is 0 Å². The number of hydrogen-bond donors (Lipinski definition) is 0. The number of piperazine rings is 1. The molecule has 0 unspecified atom stereocenters. The molecule has 0 N–H and O–H groups in total. The average molecular weight is 341 g/mol. The molecule has 1 rings (SSSR count). The molecule has 0 atom stereocenters. The minimum atomic E-state index is -0.0557. The molecule has 0 aromatic heterocycles. The van der Waals surface area contributed by atoms with Crippen molar-refractivity contribution >= 4 is 22.9 Å². The predicted octanol–water partition coefficient (Wildman–Crippen LogP) is 1.27. The molecule has 0 bridgehead atoms. The van der Waals surface area contributed by atoms with Gasteiger partial charge >= 0.3 is 0 Å². The summed E-state index contributed by atoms with van der Waals surface area (Å²) in [6, 6.07) is 0. The largest absolute Gasteiger partial charge is 0.377 e. The number of halogens is 1. The summed E-state index contributed by atoms with van der Waals surface area (Å²) in [5, 5.41) is 0. The van der Waals surface area contributed by atoms with Gasteiger partial charge in [-0.2, -0.15) is 0 Å². The Balaban J connectivity index is 2.26. The molecule has 1 saturated heterocycles. The highest BCUT2D eigenvalue weighted by Crippen LogP contribution is 2.11. The van der Waals surface area contributed by atoms with E-state index in [9.17, 15) is 0 Å². The van der Waals surface area contributed by atoms with Gasteiger partial charge < -0.3 is 4.74 Å². The lowest BCUT2D eigenvalue weighted by atomic mass is 10.1. The lowest BCUT2D eigenvalue weighted by Crippen LogP contribution is -2.49. The summed E-state index contributed by atoms with van der Waals surface area (Å²) in [6.45, 7) is 10.9. The third kappa shape index (κ3) is 5.27. The first kappa shape index (κ1) is 14.6. The third-order valence-corrected chi connectivity index (χ3v) is 3.93. The number of ether oxygens (including phenoxy) is 1. The monoisotopic (exact) mass is 341 g/mol. The van der Waals surface area contributed by atoms with Crippen molar-refractivity contribution in [1.29, 1.82) is 0 Å². The van der Waals surface area contributed by atoms with Gasteiger partial charge in [0.25, 0.3) is 0 Å². The second-order valence-electron chi connectivity index (χ2n) is 5.15. The zero-order valence-corrected chi connectivity index (χ0v) is 13.0. The van der Waals surface area contributed by atoms with Crippen LogP contribution in [-0.2, 0) is 4.74 Å². The predicted molar refractivity (Wildman–Crippen MR) is 75.8 cm³/mol. The van der Waals surface area contributed by atoms with Crippen LogP contribution in [-0.4, -0.2) is 72.1 Å². The Morgan fingerprint density at radius 3 is 2.31 bits per heavy atom. The standard InChI is InChI=1S/C11H24IN3O/c1-11(2,16-4)9-13(3)10-14-5-7-15(12)8-6-14/h5-10H2,1-4H3. The van der Waals surface area contributed by atoms with E-state index in [1.165, 1.54) is 26.2 Å². The maximum absolute atomic E-state index is 5.44. The fraction of sp³-hybridized carbons (Fsp3) is 1.00. The summed E-state index contributed by atoms with van der Waals surface area (Å²) in [6.07, 6.45) is 0. The van der Waals surface area contributed by atoms with E-state index in [1.54, 1.807) is 7.11 Å². The van der Waals surface area contributed by atoms with Gasteiger partial charge in [-0.05, 0) is 20.9 Å². The lowest BCUT2D eigenvalue weighted by Gasteiger charge is -2.36. The van der Waals surface area contributed by atoms with Gasteiger partial charge in [-0.3, -0.25) is 9.80 Å². The molecule has 0 amide bonds. The Hall–Kier alpha value is 0.570. The number of methoxy groups -OCH3 is 1. The highest BCUT2D eigenvalue weighted by molar-refractivity contribution is 14.1. The quantitative estimate of drug-likeness (QED) is 0.554. The number of rotatable bonds is 5. The minimum Gasteiger partial charge on any atom is -0.377 e. The molecule has 96 valence electrons. The molecule has 1 aliphatic rings. The molecule has 0 radical (unpaired) electrons. The maximum atomic E-state index is 5.44. The molecule has 0 saturated carbocycles. The van der Waals surface area contributed by atoms with Crippen molar-refractivity contribution in [3.05, 3.63) is 0 Å². The van der Waals surface area contributed by atoms with E-state index in [0.717, 1.165) is 13.2 Å². The van der Waals surface area contributed by atoms with Crippen LogP contribution in [0.5, 0.6) is 0 Å². The Labute approximate surface area is 113 Å². The first-order chi connectivity index (χ1) is 7.43. The lowest BCUT2D eigenvalue weighted by molar-refractivity contribution is -0.0148. The molecular formula is C11H24IN3O. The molecule has 4 nitrogen and oxygen atoms in total. The van der Waals surface area contributed by atoms with Gasteiger partial charge in [0, 0.05) is 62.7 Å². The van der Waals surface area contributed by atoms with Gasteiger partial charge in [-0.25, -0.2) is 3.11 Å². The zero-order valence-electron chi connectivity index (χ0n) is 10.9. The summed E-state index contributed by atoms with van der Waals surface area (Å²) in [5.41, 5.74) is -0.0557. The summed E-state index contributed by atoms with van der Waals surface area (Å²) in [5.74, 6) is 0. The molecular weight excluding hydrogens is 317 g/mol. The molecule has 1 aliphatic heterocycles. The van der Waals surface area contributed by atoms with Gasteiger partial charge in [-0.1, -0.05) is 0 Å². The number of hydrogen-bond acceptors (Lipinski definition) is 4. The van der Waals surface area contributed by atoms with Crippen molar-refractivity contribution in [2.24, 2.45) is 0 Å². The van der Waals surface area contributed by atoms with E-state index in [0.29, 0.717) is 0 Å². The summed E-state index contributed by atoms with van der Waals surface area (Å²) >= 11 is 2.40. The Bertz CT molecular complexity index is 205. The number of nitrogens with zero attached hydrogens (tertiary/aromatic N) is 3. The van der Waals surface area contributed by atoms with Crippen LogP contribution in [0.1, 0.15) is 13.8 Å². The molecule has 16 heavy (non-hydrogen) atoms. The molecule has 5 heteroatoms. The first-order valence-corrected chi connectivity index (χ1v) is 6.76. The van der Waals surface area contributed by atoms with Crippen molar-refractivity contribution in [2.45, 2.75) is 19.4 Å². The molecule has 1 heterocycles. The van der Waals surface area contributed by atoms with Gasteiger partial charge in [-0.15, -0.1) is 0 Å². The highest BCUT2D eigenvalue weighted by atomic mass is 127. The van der Waals surface area contributed by atoms with E-state index in [1.807, 2.05) is 0 Å². The van der Waals surface area contributed by atoms with Crippen LogP contribution in [0.2, 0.25) is 0 Å². The van der Waals surface area contributed by atoms with E-state index in [4.69, 9.17) is 4.74 Å². The molecule has 0 aromatic carbocycles. The Morgan fingerprint density at radius 2 is 1.81 bits per heavy atom. The van der Waals surface area contributed by atoms with Crippen LogP contribution in [0, 0.1) is 0 Å². The third-order valence-electron chi connectivity index (χ3n) is 2.96. The Morgan fingerprint density at radius 1 is 1.25 bits per heavy atom. The SMILES string of the molecule is COC(C)(C)CN(C)CN1CCN(I)CC1. The Kier molecular flexibility index (Phi) is 5.93. The second-order valence-corrected chi connectivity index (χ2v) is 6.51. The molecule has 0 aromatic rings. The summed E-state index contributed by atoms with van der Waals surface area (Å²) in [4.78, 5) is 4.84. The van der Waals surface area contributed by atoms with Crippen molar-refractivity contribution in [1.82, 2.24) is 12.9 Å². The number of likely N-dealkylation sites (N-methyl/N-ethyl adjacent to an activating group) is 1. The van der Waals surface area contributed by atoms with Gasteiger partial charge in [0.15, 0.2) is 0 Å². The van der Waals surface area contributed by atoms with Crippen molar-refractivity contribution < 1.29 is 4.74 Å². The van der Waals surface area contributed by atoms with Crippen LogP contribution in [0.25, 0.3) is 0 Å². The zero-order chi connectivity index (χ0) is 12.2. The fourth-order valence-corrected chi connectivity index (χ4v) is 2.40. The van der Waals surface area contributed by atoms with Crippen LogP contribution >= 0.6 is 22.9 Å². The van der Waals surface area contributed by atoms with E-state index >= 15 is 0 Å². The van der Waals surface area contributed by atoms with Crippen LogP contribution in [0.3, 0.4) is 0 Å².